The molecule has 0 saturated heterocycles. The topological polar surface area (TPSA) is 68.0 Å². The van der Waals surface area contributed by atoms with Crippen molar-refractivity contribution in [2.75, 3.05) is 6.54 Å². The van der Waals surface area contributed by atoms with E-state index in [4.69, 9.17) is 5.73 Å². The molecule has 3 N–H and O–H groups in total. The zero-order valence-electron chi connectivity index (χ0n) is 12.4. The van der Waals surface area contributed by atoms with Gasteiger partial charge in [0.15, 0.2) is 0 Å². The Bertz CT molecular complexity index is 438. The van der Waals surface area contributed by atoms with Gasteiger partial charge in [-0.15, -0.1) is 0 Å². The summed E-state index contributed by atoms with van der Waals surface area (Å²) in [7, 11) is 0. The first-order valence-corrected chi connectivity index (χ1v) is 7.48. The number of amides is 1. The van der Waals surface area contributed by atoms with Crippen molar-refractivity contribution in [3.05, 3.63) is 30.1 Å². The van der Waals surface area contributed by atoms with Crippen LogP contribution in [-0.4, -0.2) is 17.4 Å². The number of carbonyl (C=O) groups excluding carboxylic acids is 1. The molecule has 1 fully saturated rings. The highest BCUT2D eigenvalue weighted by atomic mass is 16.2. The number of carbonyl (C=O) groups is 1. The Hall–Kier alpha value is -1.42. The van der Waals surface area contributed by atoms with Crippen molar-refractivity contribution in [2.24, 2.45) is 17.1 Å². The van der Waals surface area contributed by atoms with Crippen molar-refractivity contribution in [3.63, 3.8) is 0 Å². The van der Waals surface area contributed by atoms with Crippen molar-refractivity contribution < 1.29 is 4.79 Å². The van der Waals surface area contributed by atoms with Crippen LogP contribution >= 0.6 is 0 Å². The van der Waals surface area contributed by atoms with E-state index in [1.165, 1.54) is 0 Å². The van der Waals surface area contributed by atoms with Gasteiger partial charge < -0.3 is 11.1 Å². The second-order valence-electron chi connectivity index (χ2n) is 6.15. The average molecular weight is 275 g/mol. The summed E-state index contributed by atoms with van der Waals surface area (Å²) < 4.78 is 0. The Morgan fingerprint density at radius 1 is 1.55 bits per heavy atom. The molecule has 0 radical (unpaired) electrons. The first-order valence-electron chi connectivity index (χ1n) is 7.48. The van der Waals surface area contributed by atoms with Crippen LogP contribution in [0.4, 0.5) is 0 Å². The summed E-state index contributed by atoms with van der Waals surface area (Å²) in [6.07, 6.45) is 7.51. The smallest absolute Gasteiger partial charge is 0.227 e. The summed E-state index contributed by atoms with van der Waals surface area (Å²) >= 11 is 0. The fourth-order valence-corrected chi connectivity index (χ4v) is 2.90. The molecular weight excluding hydrogens is 250 g/mol. The molecule has 110 valence electrons. The minimum Gasteiger partial charge on any atom is -0.349 e. The molecule has 1 amide bonds. The normalized spacial score (nSPS) is 27.9. The molecule has 20 heavy (non-hydrogen) atoms. The molecule has 1 aromatic heterocycles. The van der Waals surface area contributed by atoms with Crippen LogP contribution in [0.25, 0.3) is 0 Å². The molecular formula is C16H25N3O. The lowest BCUT2D eigenvalue weighted by Gasteiger charge is -2.37. The molecule has 4 nitrogen and oxygen atoms in total. The molecule has 1 saturated carbocycles. The molecule has 4 heteroatoms. The highest BCUT2D eigenvalue weighted by Gasteiger charge is 2.40. The Morgan fingerprint density at radius 3 is 2.80 bits per heavy atom. The molecule has 1 aliphatic carbocycles. The third kappa shape index (κ3) is 3.18. The van der Waals surface area contributed by atoms with Crippen molar-refractivity contribution in [1.82, 2.24) is 10.3 Å². The van der Waals surface area contributed by atoms with Crippen LogP contribution in [0.2, 0.25) is 0 Å². The highest BCUT2D eigenvalue weighted by Crippen LogP contribution is 2.38. The lowest BCUT2D eigenvalue weighted by atomic mass is 9.70. The summed E-state index contributed by atoms with van der Waals surface area (Å²) in [5, 5.41) is 3.11. The SMILES string of the molecule is CC1CCC(CN)(C(=O)N[C@H](C)c2cccnc2)CC1. The maximum Gasteiger partial charge on any atom is 0.227 e. The Balaban J connectivity index is 2.03. The third-order valence-corrected chi connectivity index (χ3v) is 4.64. The van der Waals surface area contributed by atoms with E-state index in [0.29, 0.717) is 12.5 Å². The van der Waals surface area contributed by atoms with Gasteiger partial charge in [-0.3, -0.25) is 9.78 Å². The zero-order valence-corrected chi connectivity index (χ0v) is 12.4. The standard InChI is InChI=1S/C16H25N3O/c1-12-5-7-16(11-17,8-6-12)15(20)19-13(2)14-4-3-9-18-10-14/h3-4,9-10,12-13H,5-8,11,17H2,1-2H3,(H,19,20)/t12?,13-,16?/m1/s1. The Morgan fingerprint density at radius 2 is 2.25 bits per heavy atom. The molecule has 0 unspecified atom stereocenters. The fraction of sp³-hybridized carbons (Fsp3) is 0.625. The summed E-state index contributed by atoms with van der Waals surface area (Å²) in [5.41, 5.74) is 6.58. The van der Waals surface area contributed by atoms with Crippen LogP contribution in [0.15, 0.2) is 24.5 Å². The first-order chi connectivity index (χ1) is 9.57. The van der Waals surface area contributed by atoms with Crippen molar-refractivity contribution in [1.29, 1.82) is 0 Å². The first kappa shape index (κ1) is 15.0. The van der Waals surface area contributed by atoms with E-state index < -0.39 is 0 Å². The predicted molar refractivity (Wildman–Crippen MR) is 79.9 cm³/mol. The van der Waals surface area contributed by atoms with Gasteiger partial charge in [-0.05, 0) is 50.2 Å². The minimum atomic E-state index is -0.372. The molecule has 1 aliphatic rings. The summed E-state index contributed by atoms with van der Waals surface area (Å²) in [5.74, 6) is 0.807. The van der Waals surface area contributed by atoms with E-state index in [1.807, 2.05) is 19.1 Å². The number of hydrogen-bond acceptors (Lipinski definition) is 3. The highest BCUT2D eigenvalue weighted by molar-refractivity contribution is 5.83. The molecule has 2 rings (SSSR count). The Kier molecular flexibility index (Phi) is 4.76. The van der Waals surface area contributed by atoms with Crippen molar-refractivity contribution >= 4 is 5.91 Å². The van der Waals surface area contributed by atoms with Gasteiger partial charge in [-0.1, -0.05) is 13.0 Å². The quantitative estimate of drug-likeness (QED) is 0.886. The summed E-state index contributed by atoms with van der Waals surface area (Å²) in [6, 6.07) is 3.84. The van der Waals surface area contributed by atoms with E-state index in [2.05, 4.69) is 17.2 Å². The minimum absolute atomic E-state index is 0.0287. The lowest BCUT2D eigenvalue weighted by Crippen LogP contribution is -2.48. The van der Waals surface area contributed by atoms with Gasteiger partial charge >= 0.3 is 0 Å². The van der Waals surface area contributed by atoms with E-state index in [0.717, 1.165) is 31.2 Å². The molecule has 1 heterocycles. The second-order valence-corrected chi connectivity index (χ2v) is 6.15. The van der Waals surface area contributed by atoms with Crippen LogP contribution in [-0.2, 0) is 4.79 Å². The van der Waals surface area contributed by atoms with E-state index >= 15 is 0 Å². The van der Waals surface area contributed by atoms with Crippen LogP contribution in [0.5, 0.6) is 0 Å². The third-order valence-electron chi connectivity index (χ3n) is 4.64. The predicted octanol–water partition coefficient (Wildman–Crippen LogP) is 2.41. The van der Waals surface area contributed by atoms with Crippen molar-refractivity contribution in [2.45, 2.75) is 45.6 Å². The molecule has 0 aromatic carbocycles. The number of pyridine rings is 1. The number of nitrogens with one attached hydrogen (secondary N) is 1. The van der Waals surface area contributed by atoms with Crippen LogP contribution < -0.4 is 11.1 Å². The van der Waals surface area contributed by atoms with Crippen molar-refractivity contribution in [3.8, 4) is 0 Å². The maximum absolute atomic E-state index is 12.6. The number of nitrogens with zero attached hydrogens (tertiary/aromatic N) is 1. The van der Waals surface area contributed by atoms with Crippen LogP contribution in [0.3, 0.4) is 0 Å². The number of nitrogens with two attached hydrogens (primary N) is 1. The van der Waals surface area contributed by atoms with Gasteiger partial charge in [0.05, 0.1) is 11.5 Å². The fourth-order valence-electron chi connectivity index (χ4n) is 2.90. The Labute approximate surface area is 121 Å². The molecule has 0 spiro atoms. The molecule has 1 aromatic rings. The van der Waals surface area contributed by atoms with E-state index in [1.54, 1.807) is 12.4 Å². The largest absolute Gasteiger partial charge is 0.349 e. The molecule has 0 aliphatic heterocycles. The van der Waals surface area contributed by atoms with E-state index in [9.17, 15) is 4.79 Å². The zero-order chi connectivity index (χ0) is 14.6. The van der Waals surface area contributed by atoms with E-state index in [-0.39, 0.29) is 17.4 Å². The van der Waals surface area contributed by atoms with Gasteiger partial charge in [-0.2, -0.15) is 0 Å². The van der Waals surface area contributed by atoms with Crippen LogP contribution in [0.1, 0.15) is 51.1 Å². The van der Waals surface area contributed by atoms with Crippen LogP contribution in [0, 0.1) is 11.3 Å². The van der Waals surface area contributed by atoms with Gasteiger partial charge in [0.25, 0.3) is 0 Å². The second kappa shape index (κ2) is 6.35. The summed E-state index contributed by atoms with van der Waals surface area (Å²) in [4.78, 5) is 16.7. The molecule has 0 bridgehead atoms. The lowest BCUT2D eigenvalue weighted by molar-refractivity contribution is -0.133. The number of aromatic nitrogens is 1. The monoisotopic (exact) mass is 275 g/mol. The average Bonchev–Trinajstić information content (AvgIpc) is 2.49. The van der Waals surface area contributed by atoms with Gasteiger partial charge in [0, 0.05) is 18.9 Å². The van der Waals surface area contributed by atoms with Gasteiger partial charge in [-0.25, -0.2) is 0 Å². The number of rotatable bonds is 4. The summed E-state index contributed by atoms with van der Waals surface area (Å²) in [6.45, 7) is 4.67. The van der Waals surface area contributed by atoms with Gasteiger partial charge in [0.2, 0.25) is 5.91 Å². The van der Waals surface area contributed by atoms with Gasteiger partial charge in [0.1, 0.15) is 0 Å². The molecule has 1 atom stereocenters. The maximum atomic E-state index is 12.6. The number of hydrogen-bond donors (Lipinski definition) is 2.